The Hall–Kier alpha value is -0.640. The molecule has 0 radical (unpaired) electrons. The number of rotatable bonds is 4. The van der Waals surface area contributed by atoms with E-state index >= 15 is 0 Å². The van der Waals surface area contributed by atoms with Gasteiger partial charge in [-0.05, 0) is 42.5 Å². The summed E-state index contributed by atoms with van der Waals surface area (Å²) < 4.78 is 13.2. The van der Waals surface area contributed by atoms with Gasteiger partial charge in [-0.2, -0.15) is 0 Å². The normalized spacial score (nSPS) is 22.1. The summed E-state index contributed by atoms with van der Waals surface area (Å²) in [7, 11) is 0. The summed E-state index contributed by atoms with van der Waals surface area (Å²) in [5, 5.41) is 0.176. The van der Waals surface area contributed by atoms with Crippen molar-refractivity contribution >= 4 is 11.6 Å². The van der Waals surface area contributed by atoms with Crippen LogP contribution in [-0.2, 0) is 0 Å². The lowest BCUT2D eigenvalue weighted by Gasteiger charge is -2.28. The molecule has 1 heterocycles. The van der Waals surface area contributed by atoms with E-state index in [2.05, 4.69) is 18.7 Å². The summed E-state index contributed by atoms with van der Waals surface area (Å²) in [6, 6.07) is 5.07. The maximum Gasteiger partial charge on any atom is 0.141 e. The summed E-state index contributed by atoms with van der Waals surface area (Å²) >= 11 is 5.87. The minimum atomic E-state index is -0.373. The van der Waals surface area contributed by atoms with Gasteiger partial charge in [-0.1, -0.05) is 31.5 Å². The molecule has 0 aromatic heterocycles. The zero-order valence-corrected chi connectivity index (χ0v) is 12.3. The first-order valence-corrected chi connectivity index (χ1v) is 7.29. The predicted molar refractivity (Wildman–Crippen MR) is 77.7 cm³/mol. The smallest absolute Gasteiger partial charge is 0.141 e. The highest BCUT2D eigenvalue weighted by Gasteiger charge is 2.30. The Bertz CT molecular complexity index is 436. The molecule has 2 unspecified atom stereocenters. The van der Waals surface area contributed by atoms with Crippen molar-refractivity contribution in [2.75, 3.05) is 19.6 Å². The van der Waals surface area contributed by atoms with Gasteiger partial charge in [0, 0.05) is 19.1 Å². The third-order valence-corrected chi connectivity index (χ3v) is 4.48. The van der Waals surface area contributed by atoms with Crippen LogP contribution in [0.4, 0.5) is 4.39 Å². The first-order chi connectivity index (χ1) is 9.02. The lowest BCUT2D eigenvalue weighted by Crippen LogP contribution is -2.32. The Balaban J connectivity index is 2.14. The monoisotopic (exact) mass is 284 g/mol. The second-order valence-corrected chi connectivity index (χ2v) is 6.12. The van der Waals surface area contributed by atoms with Crippen LogP contribution in [0.5, 0.6) is 0 Å². The van der Waals surface area contributed by atoms with Gasteiger partial charge in [-0.3, -0.25) is 4.90 Å². The van der Waals surface area contributed by atoms with Crippen LogP contribution in [-0.4, -0.2) is 24.5 Å². The molecule has 2 nitrogen and oxygen atoms in total. The van der Waals surface area contributed by atoms with Gasteiger partial charge in [-0.15, -0.1) is 0 Å². The lowest BCUT2D eigenvalue weighted by molar-refractivity contribution is 0.232. The fraction of sp³-hybridized carbons (Fsp3) is 0.600. The first kappa shape index (κ1) is 14.8. The van der Waals surface area contributed by atoms with Crippen molar-refractivity contribution in [3.8, 4) is 0 Å². The highest BCUT2D eigenvalue weighted by molar-refractivity contribution is 6.30. The molecule has 1 fully saturated rings. The van der Waals surface area contributed by atoms with E-state index in [1.165, 1.54) is 12.5 Å². The maximum atomic E-state index is 13.2. The SMILES string of the molecule is CC(C)C1CCN(C(CN)c2ccc(F)c(Cl)c2)C1. The molecular weight excluding hydrogens is 263 g/mol. The Kier molecular flexibility index (Phi) is 4.82. The zero-order chi connectivity index (χ0) is 14.0. The number of halogens is 2. The lowest BCUT2D eigenvalue weighted by atomic mass is 9.95. The minimum Gasteiger partial charge on any atom is -0.329 e. The summed E-state index contributed by atoms with van der Waals surface area (Å²) in [6.07, 6.45) is 1.21. The second-order valence-electron chi connectivity index (χ2n) is 5.71. The molecule has 2 N–H and O–H groups in total. The van der Waals surface area contributed by atoms with Gasteiger partial charge in [0.25, 0.3) is 0 Å². The Morgan fingerprint density at radius 2 is 2.21 bits per heavy atom. The predicted octanol–water partition coefficient (Wildman–Crippen LogP) is 3.46. The number of nitrogens with zero attached hydrogens (tertiary/aromatic N) is 1. The topological polar surface area (TPSA) is 29.3 Å². The molecule has 2 rings (SSSR count). The number of hydrogen-bond acceptors (Lipinski definition) is 2. The third-order valence-electron chi connectivity index (χ3n) is 4.19. The zero-order valence-electron chi connectivity index (χ0n) is 11.6. The fourth-order valence-corrected chi connectivity index (χ4v) is 3.05. The fourth-order valence-electron chi connectivity index (χ4n) is 2.86. The Morgan fingerprint density at radius 3 is 2.74 bits per heavy atom. The van der Waals surface area contributed by atoms with Gasteiger partial charge in [0.15, 0.2) is 0 Å². The molecule has 19 heavy (non-hydrogen) atoms. The van der Waals surface area contributed by atoms with Gasteiger partial charge in [-0.25, -0.2) is 4.39 Å². The molecule has 1 aliphatic heterocycles. The number of likely N-dealkylation sites (tertiary alicyclic amines) is 1. The summed E-state index contributed by atoms with van der Waals surface area (Å²) in [5.74, 6) is 1.05. The third kappa shape index (κ3) is 3.28. The van der Waals surface area contributed by atoms with Crippen LogP contribution in [0.25, 0.3) is 0 Å². The molecule has 0 saturated carbocycles. The molecule has 1 aliphatic rings. The van der Waals surface area contributed by atoms with Gasteiger partial charge in [0.05, 0.1) is 5.02 Å². The molecule has 0 bridgehead atoms. The molecular formula is C15H22ClFN2. The van der Waals surface area contributed by atoms with Crippen molar-refractivity contribution in [1.82, 2.24) is 4.90 Å². The van der Waals surface area contributed by atoms with E-state index in [0.717, 1.165) is 24.6 Å². The average molecular weight is 285 g/mol. The van der Waals surface area contributed by atoms with Gasteiger partial charge < -0.3 is 5.73 Å². The van der Waals surface area contributed by atoms with Gasteiger partial charge in [0.2, 0.25) is 0 Å². The standard InChI is InChI=1S/C15H22ClFN2/c1-10(2)12-5-6-19(9-12)15(8-18)11-3-4-14(17)13(16)7-11/h3-4,7,10,12,15H,5-6,8-9,18H2,1-2H3. The van der Waals surface area contributed by atoms with E-state index < -0.39 is 0 Å². The molecule has 1 aromatic rings. The van der Waals surface area contributed by atoms with Crippen LogP contribution < -0.4 is 5.73 Å². The maximum absolute atomic E-state index is 13.2. The molecule has 0 amide bonds. The van der Waals surface area contributed by atoms with Gasteiger partial charge >= 0.3 is 0 Å². The summed E-state index contributed by atoms with van der Waals surface area (Å²) in [4.78, 5) is 2.40. The minimum absolute atomic E-state index is 0.141. The van der Waals surface area contributed by atoms with Gasteiger partial charge in [0.1, 0.15) is 5.82 Å². The van der Waals surface area contributed by atoms with E-state index in [1.807, 2.05) is 0 Å². The quantitative estimate of drug-likeness (QED) is 0.917. The van der Waals surface area contributed by atoms with Crippen LogP contribution in [0.1, 0.15) is 31.9 Å². The first-order valence-electron chi connectivity index (χ1n) is 6.92. The highest BCUT2D eigenvalue weighted by Crippen LogP contribution is 2.31. The molecule has 1 aromatic carbocycles. The van der Waals surface area contributed by atoms with E-state index in [0.29, 0.717) is 12.5 Å². The largest absolute Gasteiger partial charge is 0.329 e. The van der Waals surface area contributed by atoms with Crippen LogP contribution >= 0.6 is 11.6 Å². The highest BCUT2D eigenvalue weighted by atomic mass is 35.5. The van der Waals surface area contributed by atoms with Crippen LogP contribution in [0.15, 0.2) is 18.2 Å². The molecule has 1 saturated heterocycles. The molecule has 106 valence electrons. The van der Waals surface area contributed by atoms with Crippen LogP contribution in [0, 0.1) is 17.7 Å². The summed E-state index contributed by atoms with van der Waals surface area (Å²) in [5.41, 5.74) is 6.93. The van der Waals surface area contributed by atoms with E-state index in [1.54, 1.807) is 12.1 Å². The molecule has 4 heteroatoms. The van der Waals surface area contributed by atoms with Crippen molar-refractivity contribution < 1.29 is 4.39 Å². The summed E-state index contributed by atoms with van der Waals surface area (Å²) in [6.45, 7) is 7.18. The van der Waals surface area contributed by atoms with Crippen molar-refractivity contribution in [2.45, 2.75) is 26.3 Å². The molecule has 0 spiro atoms. The van der Waals surface area contributed by atoms with E-state index in [4.69, 9.17) is 17.3 Å². The van der Waals surface area contributed by atoms with E-state index in [-0.39, 0.29) is 16.9 Å². The number of nitrogens with two attached hydrogens (primary N) is 1. The van der Waals surface area contributed by atoms with Crippen molar-refractivity contribution in [3.05, 3.63) is 34.6 Å². The number of hydrogen-bond donors (Lipinski definition) is 1. The Morgan fingerprint density at radius 1 is 1.47 bits per heavy atom. The van der Waals surface area contributed by atoms with Crippen LogP contribution in [0.2, 0.25) is 5.02 Å². The average Bonchev–Trinajstić information content (AvgIpc) is 2.84. The van der Waals surface area contributed by atoms with E-state index in [9.17, 15) is 4.39 Å². The van der Waals surface area contributed by atoms with Crippen molar-refractivity contribution in [2.24, 2.45) is 17.6 Å². The van der Waals surface area contributed by atoms with Crippen molar-refractivity contribution in [1.29, 1.82) is 0 Å². The second kappa shape index (κ2) is 6.21. The number of benzene rings is 1. The van der Waals surface area contributed by atoms with Crippen LogP contribution in [0.3, 0.4) is 0 Å². The van der Waals surface area contributed by atoms with Crippen molar-refractivity contribution in [3.63, 3.8) is 0 Å². The Labute approximate surface area is 119 Å². The molecule has 2 atom stereocenters. The molecule has 0 aliphatic carbocycles.